The van der Waals surface area contributed by atoms with Gasteiger partial charge in [0, 0.05) is 16.8 Å². The van der Waals surface area contributed by atoms with E-state index in [1.165, 1.54) is 13.0 Å². The summed E-state index contributed by atoms with van der Waals surface area (Å²) in [6, 6.07) is 2.36. The number of anilines is 2. The first kappa shape index (κ1) is 14.9. The fourth-order valence-electron chi connectivity index (χ4n) is 1.76. The van der Waals surface area contributed by atoms with E-state index in [0.29, 0.717) is 10.6 Å². The molecule has 2 aromatic rings. The van der Waals surface area contributed by atoms with Crippen molar-refractivity contribution in [2.75, 3.05) is 11.1 Å². The number of amides is 2. The topological polar surface area (TPSA) is 111 Å². The lowest BCUT2D eigenvalue weighted by Gasteiger charge is -2.10. The largest absolute Gasteiger partial charge is 0.375 e. The molecule has 0 spiro atoms. The molecule has 5 N–H and O–H groups in total. The van der Waals surface area contributed by atoms with Crippen LogP contribution in [-0.2, 0) is 0 Å². The second-order valence-electron chi connectivity index (χ2n) is 4.42. The van der Waals surface area contributed by atoms with Gasteiger partial charge in [0.15, 0.2) is 5.13 Å². The van der Waals surface area contributed by atoms with Crippen molar-refractivity contribution < 1.29 is 14.0 Å². The van der Waals surface area contributed by atoms with E-state index in [2.05, 4.69) is 10.3 Å². The van der Waals surface area contributed by atoms with Crippen molar-refractivity contribution in [2.24, 2.45) is 5.73 Å². The molecule has 0 aliphatic carbocycles. The molecule has 0 unspecified atom stereocenters. The van der Waals surface area contributed by atoms with Crippen LogP contribution in [0.1, 0.15) is 31.3 Å². The number of benzene rings is 1. The zero-order valence-electron chi connectivity index (χ0n) is 11.4. The highest BCUT2D eigenvalue weighted by Gasteiger charge is 2.17. The van der Waals surface area contributed by atoms with Crippen LogP contribution in [0.25, 0.3) is 0 Å². The number of aromatic nitrogens is 1. The van der Waals surface area contributed by atoms with Crippen LogP contribution in [0.15, 0.2) is 12.1 Å². The van der Waals surface area contributed by atoms with Gasteiger partial charge in [0.25, 0.3) is 5.91 Å². The van der Waals surface area contributed by atoms with E-state index in [0.717, 1.165) is 17.4 Å². The van der Waals surface area contributed by atoms with Crippen LogP contribution in [0.2, 0.25) is 0 Å². The standard InChI is InChI=1S/C13H13FN4O2S/c1-5-8(14)3-7(11(15)19)4-9(5)18-12(20)10-6(2)17-13(16)21-10/h3-4H,1-2H3,(H2,15,19)(H2,16,17)(H,18,20). The average Bonchev–Trinajstić information content (AvgIpc) is 2.73. The van der Waals surface area contributed by atoms with Crippen molar-refractivity contribution in [2.45, 2.75) is 13.8 Å². The van der Waals surface area contributed by atoms with Gasteiger partial charge in [-0.3, -0.25) is 9.59 Å². The van der Waals surface area contributed by atoms with E-state index in [4.69, 9.17) is 11.5 Å². The fraction of sp³-hybridized carbons (Fsp3) is 0.154. The maximum Gasteiger partial charge on any atom is 0.267 e. The van der Waals surface area contributed by atoms with Gasteiger partial charge in [-0.1, -0.05) is 11.3 Å². The average molecular weight is 308 g/mol. The quantitative estimate of drug-likeness (QED) is 0.803. The molecule has 0 aliphatic rings. The summed E-state index contributed by atoms with van der Waals surface area (Å²) in [7, 11) is 0. The summed E-state index contributed by atoms with van der Waals surface area (Å²) >= 11 is 1.03. The Balaban J connectivity index is 2.37. The number of carbonyl (C=O) groups excluding carboxylic acids is 2. The summed E-state index contributed by atoms with van der Waals surface area (Å²) in [6.07, 6.45) is 0. The molecule has 110 valence electrons. The third-order valence-corrected chi connectivity index (χ3v) is 3.88. The molecule has 0 aliphatic heterocycles. The molecule has 1 aromatic carbocycles. The Hall–Kier alpha value is -2.48. The van der Waals surface area contributed by atoms with Gasteiger partial charge in [0.2, 0.25) is 5.91 Å². The normalized spacial score (nSPS) is 10.4. The molecule has 0 radical (unpaired) electrons. The summed E-state index contributed by atoms with van der Waals surface area (Å²) < 4.78 is 13.7. The Bertz CT molecular complexity index is 742. The summed E-state index contributed by atoms with van der Waals surface area (Å²) in [5, 5.41) is 2.81. The highest BCUT2D eigenvalue weighted by Crippen LogP contribution is 2.24. The van der Waals surface area contributed by atoms with Gasteiger partial charge < -0.3 is 16.8 Å². The van der Waals surface area contributed by atoms with Crippen LogP contribution in [0, 0.1) is 19.7 Å². The van der Waals surface area contributed by atoms with E-state index >= 15 is 0 Å². The van der Waals surface area contributed by atoms with E-state index < -0.39 is 17.6 Å². The van der Waals surface area contributed by atoms with E-state index in [-0.39, 0.29) is 21.9 Å². The van der Waals surface area contributed by atoms with Crippen LogP contribution in [0.4, 0.5) is 15.2 Å². The highest BCUT2D eigenvalue weighted by molar-refractivity contribution is 7.17. The third-order valence-electron chi connectivity index (χ3n) is 2.90. The number of nitrogens with two attached hydrogens (primary N) is 2. The number of nitrogen functional groups attached to an aromatic ring is 1. The third kappa shape index (κ3) is 3.00. The Morgan fingerprint density at radius 2 is 2.00 bits per heavy atom. The van der Waals surface area contributed by atoms with E-state index in [9.17, 15) is 14.0 Å². The molecule has 0 saturated heterocycles. The molecule has 0 saturated carbocycles. The molecule has 0 fully saturated rings. The molecule has 1 heterocycles. The Labute approximate surface area is 124 Å². The molecule has 0 atom stereocenters. The lowest BCUT2D eigenvalue weighted by atomic mass is 10.1. The zero-order valence-corrected chi connectivity index (χ0v) is 12.2. The number of rotatable bonds is 3. The fourth-order valence-corrected chi connectivity index (χ4v) is 2.49. The van der Waals surface area contributed by atoms with Crippen molar-refractivity contribution in [1.29, 1.82) is 0 Å². The molecule has 0 bridgehead atoms. The SMILES string of the molecule is Cc1nc(N)sc1C(=O)Nc1cc(C(N)=O)cc(F)c1C. The molecule has 8 heteroatoms. The highest BCUT2D eigenvalue weighted by atomic mass is 32.1. The van der Waals surface area contributed by atoms with Crippen molar-refractivity contribution in [3.63, 3.8) is 0 Å². The zero-order chi connectivity index (χ0) is 15.7. The van der Waals surface area contributed by atoms with Crippen molar-refractivity contribution in [3.8, 4) is 0 Å². The predicted octanol–water partition coefficient (Wildman–Crippen LogP) is 1.83. The van der Waals surface area contributed by atoms with Crippen LogP contribution in [0.5, 0.6) is 0 Å². The summed E-state index contributed by atoms with van der Waals surface area (Å²) in [5.74, 6) is -1.87. The second-order valence-corrected chi connectivity index (χ2v) is 5.45. The monoisotopic (exact) mass is 308 g/mol. The summed E-state index contributed by atoms with van der Waals surface area (Å²) in [6.45, 7) is 3.14. The summed E-state index contributed by atoms with van der Waals surface area (Å²) in [5.41, 5.74) is 11.5. The van der Waals surface area contributed by atoms with Crippen molar-refractivity contribution in [3.05, 3.63) is 39.6 Å². The lowest BCUT2D eigenvalue weighted by molar-refractivity contribution is 0.0996. The minimum atomic E-state index is -0.775. The maximum absolute atomic E-state index is 13.7. The molecule has 1 aromatic heterocycles. The molecule has 6 nitrogen and oxygen atoms in total. The van der Waals surface area contributed by atoms with Crippen molar-refractivity contribution in [1.82, 2.24) is 4.98 Å². The number of hydrogen-bond donors (Lipinski definition) is 3. The molecular formula is C13H13FN4O2S. The van der Waals surface area contributed by atoms with Gasteiger partial charge in [0.05, 0.1) is 5.69 Å². The molecule has 2 amide bonds. The minimum absolute atomic E-state index is 0.0195. The number of nitrogens with zero attached hydrogens (tertiary/aromatic N) is 1. The van der Waals surface area contributed by atoms with Crippen LogP contribution in [-0.4, -0.2) is 16.8 Å². The number of thiazole rings is 1. The minimum Gasteiger partial charge on any atom is -0.375 e. The van der Waals surface area contributed by atoms with Crippen LogP contribution < -0.4 is 16.8 Å². The maximum atomic E-state index is 13.7. The predicted molar refractivity (Wildman–Crippen MR) is 78.9 cm³/mol. The number of aryl methyl sites for hydroxylation is 1. The first-order chi connectivity index (χ1) is 9.79. The first-order valence-corrected chi connectivity index (χ1v) is 6.75. The van der Waals surface area contributed by atoms with Gasteiger partial charge in [-0.25, -0.2) is 9.37 Å². The van der Waals surface area contributed by atoms with E-state index in [1.807, 2.05) is 0 Å². The van der Waals surface area contributed by atoms with Gasteiger partial charge in [-0.05, 0) is 26.0 Å². The Kier molecular flexibility index (Phi) is 3.90. The molecule has 2 rings (SSSR count). The lowest BCUT2D eigenvalue weighted by Crippen LogP contribution is -2.16. The van der Waals surface area contributed by atoms with E-state index in [1.54, 1.807) is 6.92 Å². The van der Waals surface area contributed by atoms with Gasteiger partial charge in [0.1, 0.15) is 10.7 Å². The van der Waals surface area contributed by atoms with Crippen molar-refractivity contribution >= 4 is 34.0 Å². The van der Waals surface area contributed by atoms with Gasteiger partial charge >= 0.3 is 0 Å². The number of halogens is 1. The van der Waals surface area contributed by atoms with Gasteiger partial charge in [-0.2, -0.15) is 0 Å². The number of primary amides is 1. The first-order valence-electron chi connectivity index (χ1n) is 5.93. The second kappa shape index (κ2) is 5.49. The number of hydrogen-bond acceptors (Lipinski definition) is 5. The Morgan fingerprint density at radius 1 is 1.33 bits per heavy atom. The Morgan fingerprint density at radius 3 is 2.52 bits per heavy atom. The number of carbonyl (C=O) groups is 2. The molecule has 21 heavy (non-hydrogen) atoms. The molecular weight excluding hydrogens is 295 g/mol. The number of nitrogens with one attached hydrogen (secondary N) is 1. The smallest absolute Gasteiger partial charge is 0.267 e. The summed E-state index contributed by atoms with van der Waals surface area (Å²) in [4.78, 5) is 27.6. The van der Waals surface area contributed by atoms with Crippen LogP contribution in [0.3, 0.4) is 0 Å². The van der Waals surface area contributed by atoms with Gasteiger partial charge in [-0.15, -0.1) is 0 Å². The van der Waals surface area contributed by atoms with Crippen LogP contribution >= 0.6 is 11.3 Å².